The van der Waals surface area contributed by atoms with E-state index in [1.807, 2.05) is 0 Å². The molecule has 0 radical (unpaired) electrons. The van der Waals surface area contributed by atoms with Gasteiger partial charge in [-0.1, -0.05) is 261 Å². The third-order valence-corrected chi connectivity index (χ3v) is 12.3. The molecule has 0 fully saturated rings. The van der Waals surface area contributed by atoms with Crippen LogP contribution in [-0.2, 0) is 28.6 Å². The molecule has 66 heavy (non-hydrogen) atoms. The Morgan fingerprint density at radius 2 is 0.591 bits per heavy atom. The number of unbranched alkanes of at least 4 members (excludes halogenated alkanes) is 30. The third kappa shape index (κ3) is 52.1. The molecule has 0 aromatic carbocycles. The van der Waals surface area contributed by atoms with Gasteiger partial charge in [-0.2, -0.15) is 0 Å². The summed E-state index contributed by atoms with van der Waals surface area (Å²) in [5, 5.41) is 0. The number of esters is 3. The largest absolute Gasteiger partial charge is 0.462 e. The van der Waals surface area contributed by atoms with Crippen LogP contribution in [0.1, 0.15) is 284 Å². The predicted molar refractivity (Wildman–Crippen MR) is 284 cm³/mol. The molecular formula is C60H106O6. The zero-order valence-corrected chi connectivity index (χ0v) is 43.7. The summed E-state index contributed by atoms with van der Waals surface area (Å²) in [7, 11) is 0. The van der Waals surface area contributed by atoms with Crippen molar-refractivity contribution in [1.82, 2.24) is 0 Å². The minimum Gasteiger partial charge on any atom is -0.462 e. The Kier molecular flexibility index (Phi) is 52.3. The van der Waals surface area contributed by atoms with Crippen molar-refractivity contribution < 1.29 is 28.6 Å². The van der Waals surface area contributed by atoms with Gasteiger partial charge in [-0.3, -0.25) is 14.4 Å². The molecule has 0 amide bonds. The van der Waals surface area contributed by atoms with E-state index in [9.17, 15) is 14.4 Å². The van der Waals surface area contributed by atoms with Crippen LogP contribution in [0.5, 0.6) is 0 Å². The second kappa shape index (κ2) is 54.7. The molecule has 6 heteroatoms. The van der Waals surface area contributed by atoms with Crippen LogP contribution < -0.4 is 0 Å². The molecule has 0 aliphatic carbocycles. The standard InChI is InChI=1S/C60H106O6/c1-4-7-10-13-16-19-22-24-26-28-30-32-33-35-38-41-44-47-50-53-59(62)65-56-57(55-64-58(61)52-49-46-43-40-37-21-18-15-12-9-6-3)66-60(63)54-51-48-45-42-39-36-34-31-29-27-25-23-20-17-14-11-8-5-2/h7,10,16,19,24,26,30,32,35,38,57H,4-6,8-9,11-15,17-18,20-23,25,27-29,31,33-34,36-37,39-56H2,1-3H3/b10-7-,19-16-,26-24-,32-30-,38-35-/t57-/m1/s1. The number of carbonyl (C=O) groups is 3. The number of rotatable bonds is 51. The van der Waals surface area contributed by atoms with Gasteiger partial charge >= 0.3 is 17.9 Å². The van der Waals surface area contributed by atoms with E-state index in [1.54, 1.807) is 0 Å². The lowest BCUT2D eigenvalue weighted by Gasteiger charge is -2.18. The zero-order chi connectivity index (χ0) is 47.9. The Balaban J connectivity index is 4.37. The van der Waals surface area contributed by atoms with Crippen molar-refractivity contribution in [3.05, 3.63) is 60.8 Å². The van der Waals surface area contributed by atoms with Crippen LogP contribution in [0.25, 0.3) is 0 Å². The summed E-state index contributed by atoms with van der Waals surface area (Å²) in [5.41, 5.74) is 0. The summed E-state index contributed by atoms with van der Waals surface area (Å²) in [5.74, 6) is -0.903. The predicted octanol–water partition coefficient (Wildman–Crippen LogP) is 18.8. The molecule has 0 spiro atoms. The topological polar surface area (TPSA) is 78.9 Å². The first kappa shape index (κ1) is 63.1. The maximum absolute atomic E-state index is 12.8. The lowest BCUT2D eigenvalue weighted by atomic mass is 10.0. The van der Waals surface area contributed by atoms with Gasteiger partial charge in [0.05, 0.1) is 0 Å². The monoisotopic (exact) mass is 923 g/mol. The third-order valence-electron chi connectivity index (χ3n) is 12.3. The van der Waals surface area contributed by atoms with E-state index in [4.69, 9.17) is 14.2 Å². The fraction of sp³-hybridized carbons (Fsp3) is 0.783. The SMILES string of the molecule is CC/C=C\C/C=C\C/C=C\C/C=C\C/C=C\CCCCCC(=O)OC[C@@H](COC(=O)CCCCCCCCCCCCC)OC(=O)CCCCCCCCCCCCCCCCCCCC. The maximum atomic E-state index is 12.8. The van der Waals surface area contributed by atoms with E-state index in [0.717, 1.165) is 96.3 Å². The summed E-state index contributed by atoms with van der Waals surface area (Å²) < 4.78 is 16.8. The van der Waals surface area contributed by atoms with E-state index in [0.29, 0.717) is 19.3 Å². The van der Waals surface area contributed by atoms with E-state index >= 15 is 0 Å². The quantitative estimate of drug-likeness (QED) is 0.0262. The molecule has 0 aromatic rings. The molecule has 0 heterocycles. The molecule has 0 rings (SSSR count). The lowest BCUT2D eigenvalue weighted by Crippen LogP contribution is -2.30. The van der Waals surface area contributed by atoms with Crippen LogP contribution in [-0.4, -0.2) is 37.2 Å². The Bertz CT molecular complexity index is 1200. The van der Waals surface area contributed by atoms with Gasteiger partial charge in [0.25, 0.3) is 0 Å². The van der Waals surface area contributed by atoms with Gasteiger partial charge in [-0.15, -0.1) is 0 Å². The fourth-order valence-electron chi connectivity index (χ4n) is 8.06. The highest BCUT2D eigenvalue weighted by Crippen LogP contribution is 2.16. The number of allylic oxidation sites excluding steroid dienone is 10. The van der Waals surface area contributed by atoms with E-state index < -0.39 is 6.10 Å². The molecule has 0 N–H and O–H groups in total. The summed E-state index contributed by atoms with van der Waals surface area (Å²) >= 11 is 0. The van der Waals surface area contributed by atoms with Gasteiger partial charge in [0.2, 0.25) is 0 Å². The molecule has 6 nitrogen and oxygen atoms in total. The van der Waals surface area contributed by atoms with Crippen LogP contribution >= 0.6 is 0 Å². The first-order valence-corrected chi connectivity index (χ1v) is 28.3. The molecule has 0 aromatic heterocycles. The van der Waals surface area contributed by atoms with Gasteiger partial charge in [0.1, 0.15) is 13.2 Å². The van der Waals surface area contributed by atoms with Gasteiger partial charge in [0.15, 0.2) is 6.10 Å². The first-order valence-electron chi connectivity index (χ1n) is 28.3. The summed E-state index contributed by atoms with van der Waals surface area (Å²) in [6.45, 7) is 6.52. The highest BCUT2D eigenvalue weighted by atomic mass is 16.6. The molecule has 0 saturated carbocycles. The van der Waals surface area contributed by atoms with Crippen LogP contribution in [0, 0.1) is 0 Å². The van der Waals surface area contributed by atoms with E-state index in [1.165, 1.54) is 148 Å². The van der Waals surface area contributed by atoms with E-state index in [-0.39, 0.29) is 31.1 Å². The average molecular weight is 924 g/mol. The first-order chi connectivity index (χ1) is 32.5. The van der Waals surface area contributed by atoms with Gasteiger partial charge in [-0.25, -0.2) is 0 Å². The molecular weight excluding hydrogens is 817 g/mol. The number of ether oxygens (including phenoxy) is 3. The Morgan fingerprint density at radius 1 is 0.318 bits per heavy atom. The smallest absolute Gasteiger partial charge is 0.306 e. The molecule has 1 atom stereocenters. The number of hydrogen-bond donors (Lipinski definition) is 0. The molecule has 0 saturated heterocycles. The van der Waals surface area contributed by atoms with Crippen molar-refractivity contribution in [1.29, 1.82) is 0 Å². The second-order valence-electron chi connectivity index (χ2n) is 18.8. The maximum Gasteiger partial charge on any atom is 0.306 e. The van der Waals surface area contributed by atoms with Crippen molar-refractivity contribution in [3.63, 3.8) is 0 Å². The number of hydrogen-bond acceptors (Lipinski definition) is 6. The van der Waals surface area contributed by atoms with Crippen LogP contribution in [0.3, 0.4) is 0 Å². The highest BCUT2D eigenvalue weighted by Gasteiger charge is 2.19. The highest BCUT2D eigenvalue weighted by molar-refractivity contribution is 5.71. The Hall–Kier alpha value is -2.89. The lowest BCUT2D eigenvalue weighted by molar-refractivity contribution is -0.167. The van der Waals surface area contributed by atoms with Gasteiger partial charge < -0.3 is 14.2 Å². The molecule has 0 aliphatic rings. The van der Waals surface area contributed by atoms with Crippen molar-refractivity contribution in [2.45, 2.75) is 290 Å². The zero-order valence-electron chi connectivity index (χ0n) is 43.7. The minimum absolute atomic E-state index is 0.0811. The van der Waals surface area contributed by atoms with Crippen molar-refractivity contribution in [3.8, 4) is 0 Å². The van der Waals surface area contributed by atoms with Crippen molar-refractivity contribution >= 4 is 17.9 Å². The fourth-order valence-corrected chi connectivity index (χ4v) is 8.06. The van der Waals surface area contributed by atoms with Gasteiger partial charge in [0, 0.05) is 19.3 Å². The van der Waals surface area contributed by atoms with E-state index in [2.05, 4.69) is 81.5 Å². The van der Waals surface area contributed by atoms with Crippen molar-refractivity contribution in [2.75, 3.05) is 13.2 Å². The second-order valence-corrected chi connectivity index (χ2v) is 18.8. The molecule has 0 bridgehead atoms. The molecule has 0 aliphatic heterocycles. The summed E-state index contributed by atoms with van der Waals surface area (Å²) in [4.78, 5) is 38.1. The van der Waals surface area contributed by atoms with Crippen molar-refractivity contribution in [2.24, 2.45) is 0 Å². The summed E-state index contributed by atoms with van der Waals surface area (Å²) in [6.07, 6.45) is 67.8. The normalized spacial score (nSPS) is 12.5. The van der Waals surface area contributed by atoms with Crippen LogP contribution in [0.2, 0.25) is 0 Å². The number of carbonyl (C=O) groups excluding carboxylic acids is 3. The molecule has 0 unspecified atom stereocenters. The Labute approximate surface area is 409 Å². The average Bonchev–Trinajstić information content (AvgIpc) is 3.31. The van der Waals surface area contributed by atoms with Gasteiger partial charge in [-0.05, 0) is 64.2 Å². The van der Waals surface area contributed by atoms with Crippen LogP contribution in [0.15, 0.2) is 60.8 Å². The summed E-state index contributed by atoms with van der Waals surface area (Å²) in [6, 6.07) is 0. The Morgan fingerprint density at radius 3 is 0.924 bits per heavy atom. The minimum atomic E-state index is -0.784. The van der Waals surface area contributed by atoms with Crippen LogP contribution in [0.4, 0.5) is 0 Å². The molecule has 382 valence electrons.